The van der Waals surface area contributed by atoms with Gasteiger partial charge in [-0.1, -0.05) is 258 Å². The average molecular weight is 737 g/mol. The van der Waals surface area contributed by atoms with Crippen LogP contribution in [0.5, 0.6) is 0 Å². The molecule has 0 rings (SSSR count). The van der Waals surface area contributed by atoms with Crippen LogP contribution in [0.25, 0.3) is 0 Å². The zero-order valence-corrected chi connectivity index (χ0v) is 35.9. The summed E-state index contributed by atoms with van der Waals surface area (Å²) in [7, 11) is 0. The SMILES string of the molecule is CCCCCCCCCCCCCCCCCCCCCCCCCCCC(=O)OC(CO)COCCCCCCCCCCCCCCCCC. The summed E-state index contributed by atoms with van der Waals surface area (Å²) in [5, 5.41) is 9.62. The van der Waals surface area contributed by atoms with Gasteiger partial charge in [0.2, 0.25) is 0 Å². The molecule has 0 saturated carbocycles. The first kappa shape index (κ1) is 51.4. The summed E-state index contributed by atoms with van der Waals surface area (Å²) < 4.78 is 11.2. The predicted molar refractivity (Wildman–Crippen MR) is 228 cm³/mol. The largest absolute Gasteiger partial charge is 0.457 e. The van der Waals surface area contributed by atoms with Gasteiger partial charge in [-0.15, -0.1) is 0 Å². The second kappa shape index (κ2) is 46.5. The minimum absolute atomic E-state index is 0.163. The van der Waals surface area contributed by atoms with Gasteiger partial charge in [0.05, 0.1) is 13.2 Å². The Morgan fingerprint density at radius 2 is 0.635 bits per heavy atom. The molecule has 0 aromatic carbocycles. The van der Waals surface area contributed by atoms with Crippen LogP contribution in [0, 0.1) is 0 Å². The fourth-order valence-electron chi connectivity index (χ4n) is 7.57. The van der Waals surface area contributed by atoms with E-state index in [0.29, 0.717) is 19.6 Å². The van der Waals surface area contributed by atoms with Crippen molar-refractivity contribution in [2.45, 2.75) is 283 Å². The first-order valence-electron chi connectivity index (χ1n) is 24.1. The first-order valence-corrected chi connectivity index (χ1v) is 24.1. The van der Waals surface area contributed by atoms with E-state index in [9.17, 15) is 9.90 Å². The molecule has 0 radical (unpaired) electrons. The smallest absolute Gasteiger partial charge is 0.306 e. The van der Waals surface area contributed by atoms with Gasteiger partial charge in [0, 0.05) is 13.0 Å². The molecule has 1 N–H and O–H groups in total. The number of ether oxygens (including phenoxy) is 2. The van der Waals surface area contributed by atoms with Crippen molar-refractivity contribution in [3.8, 4) is 0 Å². The monoisotopic (exact) mass is 737 g/mol. The summed E-state index contributed by atoms with van der Waals surface area (Å²) in [5.74, 6) is -0.191. The number of carbonyl (C=O) groups is 1. The quantitative estimate of drug-likeness (QED) is 0.0499. The standard InChI is InChI=1S/C48H96O4/c1-3-5-7-9-11-13-15-17-19-20-21-22-23-24-25-26-27-28-29-31-33-35-37-39-41-43-48(50)52-47(45-49)46-51-44-42-40-38-36-34-32-30-18-16-14-12-10-8-6-4-2/h47,49H,3-46H2,1-2H3. The van der Waals surface area contributed by atoms with Crippen LogP contribution in [-0.2, 0) is 14.3 Å². The Labute approximate surface area is 327 Å². The maximum atomic E-state index is 12.2. The number of aliphatic hydroxyl groups is 1. The van der Waals surface area contributed by atoms with Gasteiger partial charge in [-0.2, -0.15) is 0 Å². The number of carbonyl (C=O) groups excluding carboxylic acids is 1. The van der Waals surface area contributed by atoms with Crippen LogP contribution >= 0.6 is 0 Å². The van der Waals surface area contributed by atoms with Crippen LogP contribution in [0.1, 0.15) is 277 Å². The van der Waals surface area contributed by atoms with E-state index >= 15 is 0 Å². The number of esters is 1. The van der Waals surface area contributed by atoms with E-state index in [4.69, 9.17) is 9.47 Å². The highest BCUT2D eigenvalue weighted by Gasteiger charge is 2.13. The van der Waals surface area contributed by atoms with Crippen LogP contribution in [0.3, 0.4) is 0 Å². The lowest BCUT2D eigenvalue weighted by Gasteiger charge is -2.16. The van der Waals surface area contributed by atoms with Crippen molar-refractivity contribution in [2.75, 3.05) is 19.8 Å². The van der Waals surface area contributed by atoms with Crippen molar-refractivity contribution >= 4 is 5.97 Å². The average Bonchev–Trinajstić information content (AvgIpc) is 3.15. The van der Waals surface area contributed by atoms with Crippen molar-refractivity contribution in [3.05, 3.63) is 0 Å². The molecule has 0 aromatic rings. The minimum Gasteiger partial charge on any atom is -0.457 e. The van der Waals surface area contributed by atoms with Gasteiger partial charge in [0.1, 0.15) is 6.10 Å². The summed E-state index contributed by atoms with van der Waals surface area (Å²) >= 11 is 0. The van der Waals surface area contributed by atoms with Crippen molar-refractivity contribution in [3.63, 3.8) is 0 Å². The third-order valence-corrected chi connectivity index (χ3v) is 11.2. The summed E-state index contributed by atoms with van der Waals surface area (Å²) in [5.41, 5.74) is 0. The molecule has 0 aliphatic rings. The number of hydrogen-bond acceptors (Lipinski definition) is 4. The molecule has 0 aromatic heterocycles. The molecule has 1 unspecified atom stereocenters. The second-order valence-electron chi connectivity index (χ2n) is 16.6. The predicted octanol–water partition coefficient (Wildman–Crippen LogP) is 15.9. The molecule has 0 aliphatic heterocycles. The fourth-order valence-corrected chi connectivity index (χ4v) is 7.57. The Bertz CT molecular complexity index is 652. The molecule has 0 saturated heterocycles. The summed E-state index contributed by atoms with van der Waals surface area (Å²) in [6.45, 7) is 5.41. The van der Waals surface area contributed by atoms with E-state index in [1.807, 2.05) is 0 Å². The minimum atomic E-state index is -0.525. The van der Waals surface area contributed by atoms with Crippen LogP contribution in [0.2, 0.25) is 0 Å². The van der Waals surface area contributed by atoms with E-state index in [1.54, 1.807) is 0 Å². The van der Waals surface area contributed by atoms with Crippen molar-refractivity contribution in [1.29, 1.82) is 0 Å². The molecule has 4 heteroatoms. The Morgan fingerprint density at radius 1 is 0.385 bits per heavy atom. The van der Waals surface area contributed by atoms with E-state index in [1.165, 1.54) is 238 Å². The highest BCUT2D eigenvalue weighted by molar-refractivity contribution is 5.69. The van der Waals surface area contributed by atoms with Gasteiger partial charge in [-0.05, 0) is 12.8 Å². The van der Waals surface area contributed by atoms with E-state index in [-0.39, 0.29) is 12.6 Å². The topological polar surface area (TPSA) is 55.8 Å². The summed E-state index contributed by atoms with van der Waals surface area (Å²) in [6.07, 6.45) is 54.7. The second-order valence-corrected chi connectivity index (χ2v) is 16.6. The van der Waals surface area contributed by atoms with Crippen LogP contribution in [-0.4, -0.2) is 37.0 Å². The Kier molecular flexibility index (Phi) is 46.0. The van der Waals surface area contributed by atoms with Crippen molar-refractivity contribution in [2.24, 2.45) is 0 Å². The van der Waals surface area contributed by atoms with Crippen molar-refractivity contribution < 1.29 is 19.4 Å². The van der Waals surface area contributed by atoms with E-state index < -0.39 is 6.10 Å². The Balaban J connectivity index is 3.32. The van der Waals surface area contributed by atoms with Crippen LogP contribution in [0.4, 0.5) is 0 Å². The number of rotatable bonds is 46. The van der Waals surface area contributed by atoms with Crippen LogP contribution < -0.4 is 0 Å². The zero-order chi connectivity index (χ0) is 37.7. The zero-order valence-electron chi connectivity index (χ0n) is 35.9. The number of unbranched alkanes of at least 4 members (excludes halogenated alkanes) is 38. The van der Waals surface area contributed by atoms with Gasteiger partial charge >= 0.3 is 5.97 Å². The van der Waals surface area contributed by atoms with E-state index in [0.717, 1.165) is 19.3 Å². The molecule has 312 valence electrons. The molecular weight excluding hydrogens is 641 g/mol. The molecule has 0 spiro atoms. The van der Waals surface area contributed by atoms with E-state index in [2.05, 4.69) is 13.8 Å². The van der Waals surface area contributed by atoms with Gasteiger partial charge in [-0.3, -0.25) is 4.79 Å². The highest BCUT2D eigenvalue weighted by atomic mass is 16.6. The van der Waals surface area contributed by atoms with Crippen molar-refractivity contribution in [1.82, 2.24) is 0 Å². The fraction of sp³-hybridized carbons (Fsp3) is 0.979. The third kappa shape index (κ3) is 43.8. The maximum absolute atomic E-state index is 12.2. The molecule has 0 amide bonds. The molecule has 0 bridgehead atoms. The third-order valence-electron chi connectivity index (χ3n) is 11.2. The molecule has 4 nitrogen and oxygen atoms in total. The molecule has 0 fully saturated rings. The summed E-state index contributed by atoms with van der Waals surface area (Å²) in [4.78, 5) is 12.2. The van der Waals surface area contributed by atoms with Gasteiger partial charge in [0.25, 0.3) is 0 Å². The van der Waals surface area contributed by atoms with Crippen LogP contribution in [0.15, 0.2) is 0 Å². The molecule has 0 heterocycles. The number of aliphatic hydroxyl groups excluding tert-OH is 1. The molecule has 1 atom stereocenters. The highest BCUT2D eigenvalue weighted by Crippen LogP contribution is 2.17. The van der Waals surface area contributed by atoms with Gasteiger partial charge < -0.3 is 14.6 Å². The maximum Gasteiger partial charge on any atom is 0.306 e. The van der Waals surface area contributed by atoms with Gasteiger partial charge in [0.15, 0.2) is 0 Å². The Hall–Kier alpha value is -0.610. The Morgan fingerprint density at radius 3 is 0.904 bits per heavy atom. The lowest BCUT2D eigenvalue weighted by molar-refractivity contribution is -0.154. The normalized spacial score (nSPS) is 12.1. The molecule has 0 aliphatic carbocycles. The molecule has 52 heavy (non-hydrogen) atoms. The number of hydrogen-bond donors (Lipinski definition) is 1. The van der Waals surface area contributed by atoms with Gasteiger partial charge in [-0.25, -0.2) is 0 Å². The molecular formula is C48H96O4. The first-order chi connectivity index (χ1) is 25.7. The lowest BCUT2D eigenvalue weighted by Crippen LogP contribution is -2.27. The lowest BCUT2D eigenvalue weighted by atomic mass is 10.0. The summed E-state index contributed by atoms with van der Waals surface area (Å²) in [6, 6.07) is 0.